The van der Waals surface area contributed by atoms with Crippen molar-refractivity contribution in [3.63, 3.8) is 0 Å². The van der Waals surface area contributed by atoms with Crippen LogP contribution in [0.1, 0.15) is 6.42 Å². The SMILES string of the molecule is CN(CCCN)c1ccc(Cl)cc1[N+](=O)[O-]. The first kappa shape index (κ1) is 12.7. The average Bonchev–Trinajstić information content (AvgIpc) is 2.25. The molecule has 0 spiro atoms. The quantitative estimate of drug-likeness (QED) is 0.634. The minimum atomic E-state index is -0.430. The summed E-state index contributed by atoms with van der Waals surface area (Å²) in [5.41, 5.74) is 5.97. The molecule has 0 amide bonds. The lowest BCUT2D eigenvalue weighted by molar-refractivity contribution is -0.384. The summed E-state index contributed by atoms with van der Waals surface area (Å²) in [7, 11) is 1.80. The van der Waals surface area contributed by atoms with Crippen LogP contribution in [0.25, 0.3) is 0 Å². The van der Waals surface area contributed by atoms with Crippen LogP contribution in [0.2, 0.25) is 5.02 Å². The summed E-state index contributed by atoms with van der Waals surface area (Å²) >= 11 is 5.73. The predicted octanol–water partition coefficient (Wildman–Crippen LogP) is 2.03. The molecule has 0 saturated heterocycles. The van der Waals surface area contributed by atoms with E-state index >= 15 is 0 Å². The van der Waals surface area contributed by atoms with Gasteiger partial charge in [-0.3, -0.25) is 10.1 Å². The van der Waals surface area contributed by atoms with E-state index in [1.807, 2.05) is 0 Å². The number of nitrogens with zero attached hydrogens (tertiary/aromatic N) is 2. The Hall–Kier alpha value is -1.33. The summed E-state index contributed by atoms with van der Waals surface area (Å²) in [6.07, 6.45) is 0.788. The molecular weight excluding hydrogens is 230 g/mol. The largest absolute Gasteiger partial charge is 0.369 e. The van der Waals surface area contributed by atoms with E-state index in [0.717, 1.165) is 6.42 Å². The Balaban J connectivity index is 2.98. The number of benzene rings is 1. The van der Waals surface area contributed by atoms with Crippen LogP contribution < -0.4 is 10.6 Å². The minimum absolute atomic E-state index is 0.0204. The molecule has 1 rings (SSSR count). The summed E-state index contributed by atoms with van der Waals surface area (Å²) in [4.78, 5) is 12.2. The lowest BCUT2D eigenvalue weighted by Crippen LogP contribution is -2.21. The number of rotatable bonds is 5. The van der Waals surface area contributed by atoms with Gasteiger partial charge in [0.15, 0.2) is 0 Å². The van der Waals surface area contributed by atoms with Gasteiger partial charge >= 0.3 is 0 Å². The van der Waals surface area contributed by atoms with Gasteiger partial charge in [0.1, 0.15) is 5.69 Å². The van der Waals surface area contributed by atoms with Crippen molar-refractivity contribution in [1.29, 1.82) is 0 Å². The summed E-state index contributed by atoms with van der Waals surface area (Å²) in [5.74, 6) is 0. The van der Waals surface area contributed by atoms with E-state index in [1.54, 1.807) is 24.1 Å². The summed E-state index contributed by atoms with van der Waals surface area (Å²) in [6.45, 7) is 1.24. The fourth-order valence-corrected chi connectivity index (χ4v) is 1.58. The van der Waals surface area contributed by atoms with Gasteiger partial charge in [-0.1, -0.05) is 11.6 Å². The Kier molecular flexibility index (Phi) is 4.52. The molecule has 1 aromatic rings. The zero-order chi connectivity index (χ0) is 12.1. The summed E-state index contributed by atoms with van der Waals surface area (Å²) in [5, 5.41) is 11.2. The third-order valence-corrected chi connectivity index (χ3v) is 2.48. The molecule has 0 heterocycles. The van der Waals surface area contributed by atoms with Crippen molar-refractivity contribution in [1.82, 2.24) is 0 Å². The van der Waals surface area contributed by atoms with Gasteiger partial charge in [-0.05, 0) is 25.1 Å². The molecule has 6 heteroatoms. The minimum Gasteiger partial charge on any atom is -0.369 e. The highest BCUT2D eigenvalue weighted by Crippen LogP contribution is 2.30. The van der Waals surface area contributed by atoms with Gasteiger partial charge in [-0.2, -0.15) is 0 Å². The molecule has 2 N–H and O–H groups in total. The Morgan fingerprint density at radius 3 is 2.81 bits per heavy atom. The van der Waals surface area contributed by atoms with Crippen LogP contribution in [0, 0.1) is 10.1 Å². The van der Waals surface area contributed by atoms with E-state index in [1.165, 1.54) is 6.07 Å². The van der Waals surface area contributed by atoms with E-state index < -0.39 is 4.92 Å². The van der Waals surface area contributed by atoms with Crippen molar-refractivity contribution in [2.24, 2.45) is 5.73 Å². The summed E-state index contributed by atoms with van der Waals surface area (Å²) < 4.78 is 0. The van der Waals surface area contributed by atoms with Crippen LogP contribution in [-0.4, -0.2) is 25.1 Å². The van der Waals surface area contributed by atoms with Gasteiger partial charge in [-0.15, -0.1) is 0 Å². The molecule has 0 bridgehead atoms. The number of halogens is 1. The van der Waals surface area contributed by atoms with Crippen molar-refractivity contribution in [2.45, 2.75) is 6.42 Å². The van der Waals surface area contributed by atoms with Gasteiger partial charge in [0.05, 0.1) is 4.92 Å². The first-order chi connectivity index (χ1) is 7.56. The molecule has 16 heavy (non-hydrogen) atoms. The Morgan fingerprint density at radius 1 is 1.56 bits per heavy atom. The van der Waals surface area contributed by atoms with E-state index in [0.29, 0.717) is 23.8 Å². The number of hydrogen-bond donors (Lipinski definition) is 1. The van der Waals surface area contributed by atoms with Crippen LogP contribution in [0.3, 0.4) is 0 Å². The maximum Gasteiger partial charge on any atom is 0.294 e. The molecule has 1 aromatic carbocycles. The average molecular weight is 244 g/mol. The van der Waals surface area contributed by atoms with Crippen LogP contribution >= 0.6 is 11.6 Å². The fraction of sp³-hybridized carbons (Fsp3) is 0.400. The smallest absolute Gasteiger partial charge is 0.294 e. The van der Waals surface area contributed by atoms with Crippen molar-refractivity contribution in [3.05, 3.63) is 33.3 Å². The third-order valence-electron chi connectivity index (χ3n) is 2.24. The first-order valence-electron chi connectivity index (χ1n) is 4.91. The normalized spacial score (nSPS) is 10.2. The monoisotopic (exact) mass is 243 g/mol. The zero-order valence-corrected chi connectivity index (χ0v) is 9.78. The molecule has 0 aliphatic heterocycles. The number of anilines is 1. The van der Waals surface area contributed by atoms with Crippen LogP contribution in [0.5, 0.6) is 0 Å². The second-order valence-corrected chi connectivity index (χ2v) is 3.89. The fourth-order valence-electron chi connectivity index (χ4n) is 1.41. The highest BCUT2D eigenvalue weighted by Gasteiger charge is 2.17. The van der Waals surface area contributed by atoms with Gasteiger partial charge in [-0.25, -0.2) is 0 Å². The number of nitrogens with two attached hydrogens (primary N) is 1. The van der Waals surface area contributed by atoms with Crippen molar-refractivity contribution in [3.8, 4) is 0 Å². The molecule has 0 radical (unpaired) electrons. The second-order valence-electron chi connectivity index (χ2n) is 3.45. The maximum absolute atomic E-state index is 10.8. The lowest BCUT2D eigenvalue weighted by atomic mass is 10.2. The lowest BCUT2D eigenvalue weighted by Gasteiger charge is -2.18. The third kappa shape index (κ3) is 3.08. The molecule has 0 aliphatic rings. The van der Waals surface area contributed by atoms with E-state index in [2.05, 4.69) is 0 Å². The molecule has 5 nitrogen and oxygen atoms in total. The topological polar surface area (TPSA) is 72.4 Å². The van der Waals surface area contributed by atoms with Crippen molar-refractivity contribution in [2.75, 3.05) is 25.0 Å². The van der Waals surface area contributed by atoms with Crippen molar-refractivity contribution >= 4 is 23.0 Å². The molecule has 0 saturated carbocycles. The van der Waals surface area contributed by atoms with E-state index in [4.69, 9.17) is 17.3 Å². The standard InChI is InChI=1S/C10H14ClN3O2/c1-13(6-2-5-12)9-4-3-8(11)7-10(9)14(15)16/h3-4,7H,2,5-6,12H2,1H3. The highest BCUT2D eigenvalue weighted by molar-refractivity contribution is 6.30. The molecule has 0 fully saturated rings. The number of nitro benzene ring substituents is 1. The van der Waals surface area contributed by atoms with Gasteiger partial charge in [0.2, 0.25) is 0 Å². The molecular formula is C10H14ClN3O2. The summed E-state index contributed by atoms with van der Waals surface area (Å²) in [6, 6.07) is 4.65. The van der Waals surface area contributed by atoms with Gasteiger partial charge < -0.3 is 10.6 Å². The first-order valence-corrected chi connectivity index (χ1v) is 5.29. The van der Waals surface area contributed by atoms with E-state index in [-0.39, 0.29) is 5.69 Å². The Labute approximate surface area is 98.9 Å². The Morgan fingerprint density at radius 2 is 2.25 bits per heavy atom. The molecule has 0 atom stereocenters. The number of hydrogen-bond acceptors (Lipinski definition) is 4. The second kappa shape index (κ2) is 5.67. The van der Waals surface area contributed by atoms with E-state index in [9.17, 15) is 10.1 Å². The van der Waals surface area contributed by atoms with Gasteiger partial charge in [0, 0.05) is 24.7 Å². The Bertz CT molecular complexity index is 384. The molecule has 88 valence electrons. The van der Waals surface area contributed by atoms with Crippen LogP contribution in [0.15, 0.2) is 18.2 Å². The molecule has 0 aliphatic carbocycles. The predicted molar refractivity (Wildman–Crippen MR) is 65.0 cm³/mol. The van der Waals surface area contributed by atoms with Crippen LogP contribution in [-0.2, 0) is 0 Å². The molecule has 0 unspecified atom stereocenters. The van der Waals surface area contributed by atoms with Gasteiger partial charge in [0.25, 0.3) is 5.69 Å². The molecule has 0 aromatic heterocycles. The van der Waals surface area contributed by atoms with Crippen molar-refractivity contribution < 1.29 is 4.92 Å². The zero-order valence-electron chi connectivity index (χ0n) is 9.02. The number of nitro groups is 1. The highest BCUT2D eigenvalue weighted by atomic mass is 35.5. The van der Waals surface area contributed by atoms with Crippen LogP contribution in [0.4, 0.5) is 11.4 Å². The maximum atomic E-state index is 10.8.